The van der Waals surface area contributed by atoms with E-state index >= 15 is 4.39 Å². The predicted octanol–water partition coefficient (Wildman–Crippen LogP) is 9.39. The molecule has 1 saturated heterocycles. The number of halogens is 1. The van der Waals surface area contributed by atoms with E-state index < -0.39 is 50.7 Å². The number of nitriles is 1. The van der Waals surface area contributed by atoms with Crippen molar-refractivity contribution in [2.75, 3.05) is 26.1 Å². The zero-order valence-electron chi connectivity index (χ0n) is 36.9. The Labute approximate surface area is 374 Å². The van der Waals surface area contributed by atoms with Gasteiger partial charge < -0.3 is 33.3 Å². The van der Waals surface area contributed by atoms with E-state index in [-0.39, 0.29) is 42.1 Å². The Morgan fingerprint density at radius 1 is 0.859 bits per heavy atom. The van der Waals surface area contributed by atoms with E-state index in [9.17, 15) is 10.1 Å². The van der Waals surface area contributed by atoms with Crippen LogP contribution in [-0.2, 0) is 24.1 Å². The highest BCUT2D eigenvalue weighted by Crippen LogP contribution is 2.52. The Balaban J connectivity index is 1.34. The minimum absolute atomic E-state index is 0.0637. The number of amides is 1. The molecule has 0 saturated carbocycles. The molecule has 1 aliphatic rings. The summed E-state index contributed by atoms with van der Waals surface area (Å²) in [5.74, 6) is 1.08. The smallest absolute Gasteiger partial charge is 0.259 e. The van der Waals surface area contributed by atoms with Gasteiger partial charge in [0.05, 0.1) is 45.7 Å². The minimum atomic E-state index is -1.95. The number of imidazole rings is 1. The summed E-state index contributed by atoms with van der Waals surface area (Å²) in [7, 11) is 1.27. The van der Waals surface area contributed by atoms with Crippen molar-refractivity contribution in [3.05, 3.63) is 144 Å². The quantitative estimate of drug-likeness (QED) is 0.0468. The van der Waals surface area contributed by atoms with Gasteiger partial charge in [-0.1, -0.05) is 72.8 Å². The van der Waals surface area contributed by atoms with E-state index in [4.69, 9.17) is 28.0 Å². The molecule has 334 valence electrons. The summed E-state index contributed by atoms with van der Waals surface area (Å²) in [6, 6.07) is 35.8. The number of ether oxygens (including phenoxy) is 4. The van der Waals surface area contributed by atoms with Crippen molar-refractivity contribution < 1.29 is 37.2 Å². The van der Waals surface area contributed by atoms with Crippen molar-refractivity contribution in [2.24, 2.45) is 0 Å². The highest BCUT2D eigenvalue weighted by atomic mass is 31.2. The first-order valence-corrected chi connectivity index (χ1v) is 22.2. The Bertz CT molecular complexity index is 2440. The maximum absolute atomic E-state index is 17.9. The van der Waals surface area contributed by atoms with Crippen LogP contribution < -0.4 is 14.8 Å². The number of aromatic nitrogens is 4. The molecule has 0 radical (unpaired) electrons. The van der Waals surface area contributed by atoms with Gasteiger partial charge in [0.25, 0.3) is 14.4 Å². The minimum Gasteiger partial charge on any atom is -0.497 e. The highest BCUT2D eigenvalue weighted by molar-refractivity contribution is 7.44. The number of carbonyl (C=O) groups excluding carboxylic acids is 1. The van der Waals surface area contributed by atoms with E-state index in [1.165, 1.54) is 17.2 Å². The zero-order valence-corrected chi connectivity index (χ0v) is 37.8. The maximum atomic E-state index is 17.9. The number of rotatable bonds is 19. The van der Waals surface area contributed by atoms with Crippen LogP contribution in [0.1, 0.15) is 74.3 Å². The van der Waals surface area contributed by atoms with Gasteiger partial charge in [-0.05, 0) is 87.7 Å². The van der Waals surface area contributed by atoms with Crippen molar-refractivity contribution in [3.8, 4) is 17.6 Å². The molecule has 0 bridgehead atoms. The van der Waals surface area contributed by atoms with E-state index in [1.54, 1.807) is 38.5 Å². The fraction of sp³-hybridized carbons (Fsp3) is 0.354. The molecule has 4 aromatic carbocycles. The summed E-state index contributed by atoms with van der Waals surface area (Å²) >= 11 is 0. The number of hydrogen-bond acceptors (Lipinski definition) is 12. The number of nitrogens with one attached hydrogen (secondary N) is 1. The largest absolute Gasteiger partial charge is 0.497 e. The van der Waals surface area contributed by atoms with Gasteiger partial charge in [-0.3, -0.25) is 9.36 Å². The van der Waals surface area contributed by atoms with Gasteiger partial charge in [0.2, 0.25) is 0 Å². The number of alkyl halides is 1. The topological polar surface area (TPSA) is 155 Å². The molecular formula is C48H53FN7O7P. The van der Waals surface area contributed by atoms with E-state index in [2.05, 4.69) is 26.3 Å². The fourth-order valence-corrected chi connectivity index (χ4v) is 9.79. The summed E-state index contributed by atoms with van der Waals surface area (Å²) in [6.45, 7) is 9.97. The second-order valence-electron chi connectivity index (χ2n) is 15.7. The molecule has 1 unspecified atom stereocenters. The first kappa shape index (κ1) is 46.2. The number of carbonyl (C=O) groups is 1. The van der Waals surface area contributed by atoms with Crippen LogP contribution in [0.5, 0.6) is 11.5 Å². The molecular weight excluding hydrogens is 837 g/mol. The lowest BCUT2D eigenvalue weighted by Crippen LogP contribution is -2.45. The Morgan fingerprint density at radius 2 is 1.44 bits per heavy atom. The predicted molar refractivity (Wildman–Crippen MR) is 241 cm³/mol. The summed E-state index contributed by atoms with van der Waals surface area (Å²) in [6.07, 6.45) is -3.56. The molecule has 16 heteroatoms. The number of methoxy groups -OCH3 is 2. The van der Waals surface area contributed by atoms with Gasteiger partial charge in [-0.25, -0.2) is 24.0 Å². The van der Waals surface area contributed by atoms with Crippen LogP contribution in [0.15, 0.2) is 122 Å². The van der Waals surface area contributed by atoms with Crippen LogP contribution in [0.3, 0.4) is 0 Å². The molecule has 1 N–H and O–H groups in total. The van der Waals surface area contributed by atoms with Gasteiger partial charge in [-0.2, -0.15) is 5.26 Å². The van der Waals surface area contributed by atoms with Crippen LogP contribution >= 0.6 is 8.53 Å². The van der Waals surface area contributed by atoms with Crippen molar-refractivity contribution >= 4 is 31.4 Å². The third kappa shape index (κ3) is 9.63. The van der Waals surface area contributed by atoms with Crippen LogP contribution in [-0.4, -0.2) is 87.5 Å². The summed E-state index contributed by atoms with van der Waals surface area (Å²) < 4.78 is 60.0. The molecule has 14 nitrogen and oxygen atoms in total. The van der Waals surface area contributed by atoms with Crippen LogP contribution in [0.4, 0.5) is 10.2 Å². The standard InChI is InChI=1S/C48H53FN7O7P/c1-31(2)56(32(3)4)64(60-28-14-27-50)63-43-40(49)47(55-30-53-41-44(51-29-52-45(41)55)54-46(57)34-15-10-8-11-16-34)61-42(43)33(5)62-48(35-17-12-9-13-18-35,36-19-23-38(58-6)24-20-36)37-21-25-39(59-7)26-22-37/h8-13,15-26,29-33,40,42-43,47H,14,28H2,1-7H3,(H,51,52,54,57)/t33-,40-,42-,43+,47-,64?/m1/s1. The monoisotopic (exact) mass is 889 g/mol. The second-order valence-corrected chi connectivity index (χ2v) is 17.2. The summed E-state index contributed by atoms with van der Waals surface area (Å²) in [5.41, 5.74) is 1.96. The van der Waals surface area contributed by atoms with Crippen LogP contribution in [0.25, 0.3) is 11.2 Å². The maximum Gasteiger partial charge on any atom is 0.259 e. The molecule has 1 amide bonds. The Hall–Kier alpha value is -5.85. The lowest BCUT2D eigenvalue weighted by atomic mass is 9.79. The van der Waals surface area contributed by atoms with Crippen LogP contribution in [0.2, 0.25) is 0 Å². The molecule has 2 aromatic heterocycles. The third-order valence-electron chi connectivity index (χ3n) is 11.0. The number of hydrogen-bond donors (Lipinski definition) is 1. The van der Waals surface area contributed by atoms with E-state index in [0.717, 1.165) is 16.7 Å². The lowest BCUT2D eigenvalue weighted by molar-refractivity contribution is -0.134. The van der Waals surface area contributed by atoms with Gasteiger partial charge in [-0.15, -0.1) is 0 Å². The number of benzene rings is 4. The van der Waals surface area contributed by atoms with Gasteiger partial charge in [0.15, 0.2) is 29.4 Å². The normalized spacial score (nSPS) is 18.6. The Kier molecular flexibility index (Phi) is 15.0. The molecule has 7 rings (SSSR count). The van der Waals surface area contributed by atoms with Crippen molar-refractivity contribution in [1.82, 2.24) is 24.2 Å². The van der Waals surface area contributed by atoms with Gasteiger partial charge in [0.1, 0.15) is 35.6 Å². The molecule has 1 aliphatic heterocycles. The van der Waals surface area contributed by atoms with E-state index in [1.807, 2.05) is 124 Å². The summed E-state index contributed by atoms with van der Waals surface area (Å²) in [5, 5.41) is 12.3. The van der Waals surface area contributed by atoms with Crippen molar-refractivity contribution in [1.29, 1.82) is 5.26 Å². The van der Waals surface area contributed by atoms with Gasteiger partial charge in [0, 0.05) is 17.6 Å². The summed E-state index contributed by atoms with van der Waals surface area (Å²) in [4.78, 5) is 26.6. The number of fused-ring (bicyclic) bond motifs is 1. The van der Waals surface area contributed by atoms with Crippen molar-refractivity contribution in [3.63, 3.8) is 0 Å². The first-order valence-electron chi connectivity index (χ1n) is 21.1. The molecule has 1 fully saturated rings. The van der Waals surface area contributed by atoms with Crippen molar-refractivity contribution in [2.45, 2.75) is 89.4 Å². The molecule has 64 heavy (non-hydrogen) atoms. The third-order valence-corrected chi connectivity index (χ3v) is 13.1. The highest BCUT2D eigenvalue weighted by Gasteiger charge is 2.54. The average Bonchev–Trinajstić information content (AvgIpc) is 3.89. The lowest BCUT2D eigenvalue weighted by Gasteiger charge is -2.41. The second kappa shape index (κ2) is 20.8. The average molecular weight is 890 g/mol. The Morgan fingerprint density at radius 3 is 2.00 bits per heavy atom. The molecule has 6 atom stereocenters. The zero-order chi connectivity index (χ0) is 45.4. The fourth-order valence-electron chi connectivity index (χ4n) is 8.04. The van der Waals surface area contributed by atoms with Gasteiger partial charge >= 0.3 is 0 Å². The van der Waals surface area contributed by atoms with Crippen LogP contribution in [0, 0.1) is 11.3 Å². The first-order chi connectivity index (χ1) is 31.0. The molecule has 0 spiro atoms. The number of anilines is 1. The number of nitrogens with zero attached hydrogens (tertiary/aromatic N) is 6. The van der Waals surface area contributed by atoms with E-state index in [0.29, 0.717) is 17.1 Å². The molecule has 0 aliphatic carbocycles. The molecule has 6 aromatic rings. The SMILES string of the molecule is COc1ccc(C(O[C@H](C)[C@H]2O[C@@H](n3cnc4c(NC(=O)c5ccccc5)ncnc43)[C@H](F)[C@@H]2OP(OCCC#N)N(C(C)C)C(C)C)(c2ccccc2)c2ccc(OC)cc2)cc1. The molecule has 3 heterocycles.